The highest BCUT2D eigenvalue weighted by Crippen LogP contribution is 2.46. The molecule has 3 heterocycles. The van der Waals surface area contributed by atoms with Gasteiger partial charge in [-0.3, -0.25) is 4.98 Å². The second kappa shape index (κ2) is 12.0. The minimum atomic E-state index is -0.0586. The van der Waals surface area contributed by atoms with Crippen molar-refractivity contribution in [1.29, 1.82) is 0 Å². The third kappa shape index (κ3) is 4.84. The van der Waals surface area contributed by atoms with Crippen molar-refractivity contribution in [1.82, 2.24) is 9.97 Å². The number of hydrogen-bond acceptors (Lipinski definition) is 4. The van der Waals surface area contributed by atoms with Gasteiger partial charge < -0.3 is 10.2 Å². The summed E-state index contributed by atoms with van der Waals surface area (Å²) in [7, 11) is 0. The summed E-state index contributed by atoms with van der Waals surface area (Å²) in [5, 5.41) is 10.9. The number of anilines is 4. The minimum absolute atomic E-state index is 0.0586. The molecule has 2 aromatic heterocycles. The predicted molar refractivity (Wildman–Crippen MR) is 214 cm³/mol. The van der Waals surface area contributed by atoms with Crippen LogP contribution in [0, 0.1) is 0 Å². The molecule has 0 aliphatic carbocycles. The fourth-order valence-corrected chi connectivity index (χ4v) is 7.77. The molecule has 1 aliphatic rings. The Kier molecular flexibility index (Phi) is 6.85. The Bertz CT molecular complexity index is 2740. The summed E-state index contributed by atoms with van der Waals surface area (Å²) in [5.41, 5.74) is 10.6. The zero-order chi connectivity index (χ0) is 33.7. The van der Waals surface area contributed by atoms with Gasteiger partial charge in [-0.15, -0.1) is 0 Å². The van der Waals surface area contributed by atoms with E-state index in [1.54, 1.807) is 0 Å². The van der Waals surface area contributed by atoms with Crippen molar-refractivity contribution in [2.75, 3.05) is 10.2 Å². The molecule has 0 radical (unpaired) electrons. The van der Waals surface area contributed by atoms with Crippen molar-refractivity contribution in [3.05, 3.63) is 187 Å². The number of aromatic nitrogens is 2. The number of pyridine rings is 2. The summed E-state index contributed by atoms with van der Waals surface area (Å²) in [6.45, 7) is 0. The van der Waals surface area contributed by atoms with Crippen LogP contribution in [0.3, 0.4) is 0 Å². The molecule has 0 spiro atoms. The summed E-state index contributed by atoms with van der Waals surface area (Å²) < 4.78 is 0. The Morgan fingerprint density at radius 1 is 0.549 bits per heavy atom. The van der Waals surface area contributed by atoms with Crippen LogP contribution in [0.2, 0.25) is 0 Å². The van der Waals surface area contributed by atoms with Crippen LogP contribution >= 0.6 is 0 Å². The van der Waals surface area contributed by atoms with Gasteiger partial charge in [0.2, 0.25) is 0 Å². The highest BCUT2D eigenvalue weighted by molar-refractivity contribution is 6.25. The molecule has 1 aliphatic heterocycles. The van der Waals surface area contributed by atoms with Crippen molar-refractivity contribution in [3.63, 3.8) is 0 Å². The number of nitrogens with one attached hydrogen (secondary N) is 1. The molecule has 0 bridgehead atoms. The van der Waals surface area contributed by atoms with E-state index in [9.17, 15) is 0 Å². The maximum Gasteiger partial charge on any atom is 0.0956 e. The molecule has 10 rings (SSSR count). The van der Waals surface area contributed by atoms with Crippen LogP contribution in [0.1, 0.15) is 17.2 Å². The summed E-state index contributed by atoms with van der Waals surface area (Å²) in [4.78, 5) is 12.7. The zero-order valence-corrected chi connectivity index (χ0v) is 27.7. The zero-order valence-electron chi connectivity index (χ0n) is 27.7. The molecule has 0 saturated carbocycles. The largest absolute Gasteiger partial charge is 0.372 e. The highest BCUT2D eigenvalue weighted by Gasteiger charge is 2.24. The third-order valence-corrected chi connectivity index (χ3v) is 10.1. The lowest BCUT2D eigenvalue weighted by Gasteiger charge is -2.28. The van der Waals surface area contributed by atoms with Crippen LogP contribution in [-0.4, -0.2) is 9.97 Å². The van der Waals surface area contributed by atoms with Crippen molar-refractivity contribution in [3.8, 4) is 11.3 Å². The molecule has 1 N–H and O–H groups in total. The van der Waals surface area contributed by atoms with E-state index in [1.165, 1.54) is 21.7 Å². The number of para-hydroxylation sites is 3. The lowest BCUT2D eigenvalue weighted by Crippen LogP contribution is -2.14. The average molecular weight is 653 g/mol. The highest BCUT2D eigenvalue weighted by atomic mass is 15.1. The predicted octanol–water partition coefficient (Wildman–Crippen LogP) is 12.4. The van der Waals surface area contributed by atoms with E-state index in [4.69, 9.17) is 9.97 Å². The molecule has 240 valence electrons. The summed E-state index contributed by atoms with van der Waals surface area (Å²) in [5.74, 6) is 0. The van der Waals surface area contributed by atoms with Crippen LogP contribution in [0.5, 0.6) is 0 Å². The quantitative estimate of drug-likeness (QED) is 0.188. The van der Waals surface area contributed by atoms with Gasteiger partial charge in [-0.05, 0) is 64.4 Å². The summed E-state index contributed by atoms with van der Waals surface area (Å²) >= 11 is 0. The summed E-state index contributed by atoms with van der Waals surface area (Å²) in [6.07, 6.45) is 6.38. The molecule has 51 heavy (non-hydrogen) atoms. The standard InChI is InChI=1S/C47H32N4/c1-4-14-31(15-5-1)44-40-30-39(41-28-27-33-26-25-32-16-13-29-48-45(32)46(33)49-41)36-21-10-11-22-37(36)43(40)38-23-12-24-42(47(38)50-44)51(34-17-6-2-7-18-34)35-19-8-3-9-20-35/h1-30,41,49H. The van der Waals surface area contributed by atoms with Crippen LogP contribution in [0.15, 0.2) is 176 Å². The Hall–Kier alpha value is -6.78. The molecule has 0 fully saturated rings. The Morgan fingerprint density at radius 3 is 2.00 bits per heavy atom. The van der Waals surface area contributed by atoms with E-state index in [0.717, 1.165) is 66.8 Å². The fraction of sp³-hybridized carbons (Fsp3) is 0.0213. The van der Waals surface area contributed by atoms with Gasteiger partial charge in [0.25, 0.3) is 0 Å². The van der Waals surface area contributed by atoms with Gasteiger partial charge in [0.15, 0.2) is 0 Å². The molecule has 1 atom stereocenters. The normalized spacial score (nSPS) is 13.8. The maximum atomic E-state index is 5.63. The lowest BCUT2D eigenvalue weighted by atomic mass is 9.88. The molecular formula is C47H32N4. The molecular weight excluding hydrogens is 621 g/mol. The fourth-order valence-electron chi connectivity index (χ4n) is 7.77. The number of fused-ring (bicyclic) bond motifs is 8. The van der Waals surface area contributed by atoms with E-state index in [-0.39, 0.29) is 6.04 Å². The Labute approximate surface area is 296 Å². The van der Waals surface area contributed by atoms with Crippen LogP contribution < -0.4 is 10.2 Å². The number of rotatable bonds is 5. The van der Waals surface area contributed by atoms with Crippen LogP contribution in [0.25, 0.3) is 60.7 Å². The molecule has 0 amide bonds. The van der Waals surface area contributed by atoms with Gasteiger partial charge >= 0.3 is 0 Å². The molecule has 4 heteroatoms. The first-order valence-electron chi connectivity index (χ1n) is 17.4. The van der Waals surface area contributed by atoms with Gasteiger partial charge in [0, 0.05) is 44.7 Å². The van der Waals surface area contributed by atoms with Gasteiger partial charge in [0.05, 0.1) is 34.1 Å². The van der Waals surface area contributed by atoms with Crippen LogP contribution in [0.4, 0.5) is 22.7 Å². The molecule has 0 saturated heterocycles. The topological polar surface area (TPSA) is 41.1 Å². The maximum absolute atomic E-state index is 5.63. The number of hydrogen-bond donors (Lipinski definition) is 1. The Balaban J connectivity index is 1.27. The third-order valence-electron chi connectivity index (χ3n) is 10.1. The Morgan fingerprint density at radius 2 is 1.24 bits per heavy atom. The summed E-state index contributed by atoms with van der Waals surface area (Å²) in [6, 6.07) is 57.9. The molecule has 7 aromatic carbocycles. The molecule has 4 nitrogen and oxygen atoms in total. The van der Waals surface area contributed by atoms with E-state index in [1.807, 2.05) is 12.3 Å². The first kappa shape index (κ1) is 29.2. The van der Waals surface area contributed by atoms with E-state index < -0.39 is 0 Å². The van der Waals surface area contributed by atoms with E-state index in [0.29, 0.717) is 0 Å². The first-order valence-corrected chi connectivity index (χ1v) is 17.4. The molecule has 9 aromatic rings. The van der Waals surface area contributed by atoms with E-state index >= 15 is 0 Å². The number of nitrogens with zero attached hydrogens (tertiary/aromatic N) is 3. The minimum Gasteiger partial charge on any atom is -0.372 e. The molecule has 1 unspecified atom stereocenters. The lowest BCUT2D eigenvalue weighted by molar-refractivity contribution is 0.995. The van der Waals surface area contributed by atoms with Gasteiger partial charge in [-0.2, -0.15) is 0 Å². The van der Waals surface area contributed by atoms with Crippen LogP contribution in [-0.2, 0) is 0 Å². The second-order valence-electron chi connectivity index (χ2n) is 13.0. The van der Waals surface area contributed by atoms with Crippen molar-refractivity contribution < 1.29 is 0 Å². The number of benzene rings is 7. The monoisotopic (exact) mass is 652 g/mol. The van der Waals surface area contributed by atoms with Crippen molar-refractivity contribution in [2.24, 2.45) is 0 Å². The van der Waals surface area contributed by atoms with E-state index in [2.05, 4.69) is 180 Å². The van der Waals surface area contributed by atoms with Crippen molar-refractivity contribution in [2.45, 2.75) is 6.04 Å². The van der Waals surface area contributed by atoms with Gasteiger partial charge in [-0.25, -0.2) is 4.98 Å². The second-order valence-corrected chi connectivity index (χ2v) is 13.0. The van der Waals surface area contributed by atoms with Gasteiger partial charge in [0.1, 0.15) is 0 Å². The first-order chi connectivity index (χ1) is 25.3. The smallest absolute Gasteiger partial charge is 0.0956 e. The SMILES string of the molecule is C1=CC(c2cc3c(-c4ccccc4)nc4c(N(c5ccccc5)c5ccccc5)cccc4c3c3ccccc23)Nc2c1ccc1cccnc21. The average Bonchev–Trinajstić information content (AvgIpc) is 3.21. The van der Waals surface area contributed by atoms with Gasteiger partial charge in [-0.1, -0.05) is 133 Å². The van der Waals surface area contributed by atoms with Crippen molar-refractivity contribution >= 4 is 72.2 Å².